The monoisotopic (exact) mass is 381 g/mol. The minimum Gasteiger partial charge on any atom is -0.370 e. The van der Waals surface area contributed by atoms with Crippen LogP contribution >= 0.6 is 35.6 Å². The molecule has 8 heteroatoms. The summed E-state index contributed by atoms with van der Waals surface area (Å²) in [4.78, 5) is 12.7. The second kappa shape index (κ2) is 7.21. The number of fused-ring (bicyclic) bond motifs is 1. The molecule has 2 aromatic carbocycles. The molecule has 0 aliphatic carbocycles. The first kappa shape index (κ1) is 18.3. The Kier molecular flexibility index (Phi) is 5.49. The summed E-state index contributed by atoms with van der Waals surface area (Å²) in [6.45, 7) is 1.94. The van der Waals surface area contributed by atoms with Crippen LogP contribution in [0.1, 0.15) is 5.56 Å². The fraction of sp³-hybridized carbons (Fsp3) is 0.0625. The van der Waals surface area contributed by atoms with Crippen molar-refractivity contribution >= 4 is 58.4 Å². The van der Waals surface area contributed by atoms with Gasteiger partial charge < -0.3 is 11.5 Å². The molecule has 1 heterocycles. The first-order valence-corrected chi connectivity index (χ1v) is 7.53. The number of guanidine groups is 1. The Morgan fingerprint density at radius 2 is 1.79 bits per heavy atom. The van der Waals surface area contributed by atoms with E-state index in [2.05, 4.69) is 15.0 Å². The summed E-state index contributed by atoms with van der Waals surface area (Å²) >= 11 is 12.3. The average molecular weight is 383 g/mol. The smallest absolute Gasteiger partial charge is 0.253 e. The lowest BCUT2D eigenvalue weighted by Crippen LogP contribution is -2.22. The molecule has 0 aliphatic rings. The molecule has 0 atom stereocenters. The van der Waals surface area contributed by atoms with Crippen LogP contribution in [0, 0.1) is 6.92 Å². The predicted octanol–water partition coefficient (Wildman–Crippen LogP) is 4.24. The Morgan fingerprint density at radius 3 is 2.46 bits per heavy atom. The number of nitrogens with two attached hydrogens (primary N) is 2. The van der Waals surface area contributed by atoms with Crippen molar-refractivity contribution in [1.29, 1.82) is 0 Å². The summed E-state index contributed by atoms with van der Waals surface area (Å²) in [5.41, 5.74) is 14.0. The lowest BCUT2D eigenvalue weighted by molar-refractivity contribution is 1.17. The third-order valence-electron chi connectivity index (χ3n) is 3.32. The standard InChI is InChI=1S/C16H13Cl2N5.ClH/c1-8-2-3-9(6-12(8)18)14-11-7-10(17)4-5-13(11)21-16(22-14)23-15(19)20;/h2-7H,1H3,(H4,19,20,21,22,23);1H. The fourth-order valence-corrected chi connectivity index (χ4v) is 2.57. The van der Waals surface area contributed by atoms with E-state index in [1.165, 1.54) is 0 Å². The molecule has 0 fully saturated rings. The van der Waals surface area contributed by atoms with Crippen LogP contribution in [0.15, 0.2) is 41.4 Å². The third-order valence-corrected chi connectivity index (χ3v) is 3.96. The largest absolute Gasteiger partial charge is 0.370 e. The van der Waals surface area contributed by atoms with Crippen molar-refractivity contribution in [3.8, 4) is 11.3 Å². The number of benzene rings is 2. The van der Waals surface area contributed by atoms with E-state index < -0.39 is 0 Å². The highest BCUT2D eigenvalue weighted by Crippen LogP contribution is 2.32. The van der Waals surface area contributed by atoms with Crippen LogP contribution < -0.4 is 11.5 Å². The van der Waals surface area contributed by atoms with Gasteiger partial charge in [0.15, 0.2) is 5.96 Å². The van der Waals surface area contributed by atoms with Gasteiger partial charge in [0.05, 0.1) is 11.2 Å². The van der Waals surface area contributed by atoms with E-state index in [0.717, 1.165) is 16.5 Å². The van der Waals surface area contributed by atoms with Crippen molar-refractivity contribution < 1.29 is 0 Å². The molecular weight excluding hydrogens is 369 g/mol. The molecule has 124 valence electrons. The van der Waals surface area contributed by atoms with Gasteiger partial charge in [-0.3, -0.25) is 0 Å². The topological polar surface area (TPSA) is 90.2 Å². The lowest BCUT2D eigenvalue weighted by atomic mass is 10.0. The average Bonchev–Trinajstić information content (AvgIpc) is 2.49. The van der Waals surface area contributed by atoms with Crippen molar-refractivity contribution in [3.63, 3.8) is 0 Å². The van der Waals surface area contributed by atoms with Gasteiger partial charge in [-0.05, 0) is 36.8 Å². The summed E-state index contributed by atoms with van der Waals surface area (Å²) in [7, 11) is 0. The first-order valence-electron chi connectivity index (χ1n) is 6.77. The summed E-state index contributed by atoms with van der Waals surface area (Å²) in [6.07, 6.45) is 0. The second-order valence-electron chi connectivity index (χ2n) is 5.03. The molecule has 0 unspecified atom stereocenters. The first-order chi connectivity index (χ1) is 10.9. The molecule has 1 aromatic heterocycles. The van der Waals surface area contributed by atoms with Gasteiger partial charge >= 0.3 is 0 Å². The van der Waals surface area contributed by atoms with Crippen LogP contribution in [0.25, 0.3) is 22.2 Å². The quantitative estimate of drug-likeness (QED) is 0.512. The van der Waals surface area contributed by atoms with Crippen molar-refractivity contribution in [2.24, 2.45) is 16.5 Å². The van der Waals surface area contributed by atoms with E-state index in [0.29, 0.717) is 21.3 Å². The number of halogens is 3. The number of aliphatic imine (C=N–C) groups is 1. The van der Waals surface area contributed by atoms with Gasteiger partial charge in [-0.2, -0.15) is 4.99 Å². The van der Waals surface area contributed by atoms with Gasteiger partial charge in [-0.1, -0.05) is 35.3 Å². The van der Waals surface area contributed by atoms with Crippen molar-refractivity contribution in [1.82, 2.24) is 9.97 Å². The summed E-state index contributed by atoms with van der Waals surface area (Å²) in [5.74, 6) is 0.0812. The Bertz CT molecular complexity index is 936. The minimum atomic E-state index is -0.105. The van der Waals surface area contributed by atoms with E-state index in [4.69, 9.17) is 34.7 Å². The Morgan fingerprint density at radius 1 is 1.04 bits per heavy atom. The molecule has 0 saturated carbocycles. The maximum atomic E-state index is 6.23. The third kappa shape index (κ3) is 3.70. The van der Waals surface area contributed by atoms with Crippen molar-refractivity contribution in [3.05, 3.63) is 52.0 Å². The molecule has 0 saturated heterocycles. The molecule has 0 bridgehead atoms. The number of rotatable bonds is 2. The lowest BCUT2D eigenvalue weighted by Gasteiger charge is -2.09. The Balaban J connectivity index is 0.00000208. The van der Waals surface area contributed by atoms with Crippen LogP contribution in [-0.4, -0.2) is 15.9 Å². The Hall–Kier alpha value is -2.08. The molecular formula is C16H14Cl3N5. The molecule has 3 rings (SSSR count). The van der Waals surface area contributed by atoms with E-state index in [9.17, 15) is 0 Å². The molecule has 4 N–H and O–H groups in total. The van der Waals surface area contributed by atoms with Crippen LogP contribution in [0.2, 0.25) is 10.0 Å². The van der Waals surface area contributed by atoms with Gasteiger partial charge in [0.2, 0.25) is 0 Å². The van der Waals surface area contributed by atoms with E-state index in [1.54, 1.807) is 18.2 Å². The molecule has 0 radical (unpaired) electrons. The van der Waals surface area contributed by atoms with Crippen LogP contribution in [0.3, 0.4) is 0 Å². The minimum absolute atomic E-state index is 0. The molecule has 24 heavy (non-hydrogen) atoms. The molecule has 0 spiro atoms. The summed E-state index contributed by atoms with van der Waals surface area (Å²) < 4.78 is 0. The predicted molar refractivity (Wildman–Crippen MR) is 102 cm³/mol. The normalized spacial score (nSPS) is 10.3. The highest BCUT2D eigenvalue weighted by Gasteiger charge is 2.11. The number of nitrogens with zero attached hydrogens (tertiary/aromatic N) is 3. The molecule has 5 nitrogen and oxygen atoms in total. The summed E-state index contributed by atoms with van der Waals surface area (Å²) in [6, 6.07) is 11.1. The van der Waals surface area contributed by atoms with Gasteiger partial charge in [0.25, 0.3) is 5.95 Å². The zero-order valence-corrected chi connectivity index (χ0v) is 15.0. The SMILES string of the molecule is Cc1ccc(-c2nc(N=C(N)N)nc3ccc(Cl)cc23)cc1Cl.Cl. The zero-order chi connectivity index (χ0) is 16.6. The molecule has 3 aromatic rings. The number of hydrogen-bond donors (Lipinski definition) is 2. The Labute approximate surface area is 155 Å². The molecule has 0 amide bonds. The van der Waals surface area contributed by atoms with Crippen LogP contribution in [0.5, 0.6) is 0 Å². The number of aromatic nitrogens is 2. The maximum absolute atomic E-state index is 6.23. The molecule has 0 aliphatic heterocycles. The number of hydrogen-bond acceptors (Lipinski definition) is 3. The van der Waals surface area contributed by atoms with E-state index in [-0.39, 0.29) is 24.3 Å². The van der Waals surface area contributed by atoms with E-state index >= 15 is 0 Å². The van der Waals surface area contributed by atoms with Crippen LogP contribution in [-0.2, 0) is 0 Å². The fourth-order valence-electron chi connectivity index (χ4n) is 2.21. The zero-order valence-electron chi connectivity index (χ0n) is 12.6. The van der Waals surface area contributed by atoms with Gasteiger partial charge in [0.1, 0.15) is 0 Å². The van der Waals surface area contributed by atoms with Crippen molar-refractivity contribution in [2.45, 2.75) is 6.92 Å². The van der Waals surface area contributed by atoms with Crippen molar-refractivity contribution in [2.75, 3.05) is 0 Å². The van der Waals surface area contributed by atoms with Gasteiger partial charge in [-0.25, -0.2) is 9.97 Å². The van der Waals surface area contributed by atoms with E-state index in [1.807, 2.05) is 25.1 Å². The maximum Gasteiger partial charge on any atom is 0.253 e. The van der Waals surface area contributed by atoms with Crippen LogP contribution in [0.4, 0.5) is 5.95 Å². The summed E-state index contributed by atoms with van der Waals surface area (Å²) in [5, 5.41) is 2.04. The highest BCUT2D eigenvalue weighted by molar-refractivity contribution is 6.32. The number of aryl methyl sites for hydroxylation is 1. The highest BCUT2D eigenvalue weighted by atomic mass is 35.5. The van der Waals surface area contributed by atoms with Gasteiger partial charge in [0, 0.05) is 21.0 Å². The van der Waals surface area contributed by atoms with Gasteiger partial charge in [-0.15, -0.1) is 12.4 Å². The second-order valence-corrected chi connectivity index (χ2v) is 5.88.